The number of amides is 1. The number of fused-ring (bicyclic) bond motifs is 3. The monoisotopic (exact) mass is 433 g/mol. The average molecular weight is 434 g/mol. The summed E-state index contributed by atoms with van der Waals surface area (Å²) < 4.78 is 0. The summed E-state index contributed by atoms with van der Waals surface area (Å²) in [7, 11) is 0. The summed E-state index contributed by atoms with van der Waals surface area (Å²) in [5, 5.41) is 3.21. The third-order valence-corrected chi connectivity index (χ3v) is 7.83. The number of aromatic nitrogens is 3. The zero-order chi connectivity index (χ0) is 22.1. The highest BCUT2D eigenvalue weighted by molar-refractivity contribution is 5.80. The number of piperidine rings is 3. The third kappa shape index (κ3) is 4.42. The Labute approximate surface area is 191 Å². The summed E-state index contributed by atoms with van der Waals surface area (Å²) >= 11 is 0. The van der Waals surface area contributed by atoms with Gasteiger partial charge in [0.2, 0.25) is 5.91 Å². The van der Waals surface area contributed by atoms with Gasteiger partial charge in [-0.1, -0.05) is 13.8 Å². The lowest BCUT2D eigenvalue weighted by molar-refractivity contribution is -0.122. The largest absolute Gasteiger partial charge is 0.354 e. The minimum Gasteiger partial charge on any atom is -0.354 e. The van der Waals surface area contributed by atoms with Gasteiger partial charge >= 0.3 is 0 Å². The molecule has 3 saturated heterocycles. The van der Waals surface area contributed by atoms with E-state index >= 15 is 0 Å². The Morgan fingerprint density at radius 2 is 1.94 bits per heavy atom. The minimum atomic E-state index is 0.261. The molecule has 1 amide bonds. The molecule has 1 aliphatic carbocycles. The Balaban J connectivity index is 1.38. The summed E-state index contributed by atoms with van der Waals surface area (Å²) in [4.78, 5) is 29.0. The maximum absolute atomic E-state index is 12.1. The fourth-order valence-corrected chi connectivity index (χ4v) is 5.62. The van der Waals surface area contributed by atoms with E-state index in [1.807, 2.05) is 24.5 Å². The molecular weight excluding hydrogens is 398 g/mol. The molecule has 2 aromatic heterocycles. The third-order valence-electron chi connectivity index (χ3n) is 7.83. The Morgan fingerprint density at radius 1 is 1.16 bits per heavy atom. The van der Waals surface area contributed by atoms with Gasteiger partial charge < -0.3 is 5.32 Å². The molecule has 2 bridgehead atoms. The van der Waals surface area contributed by atoms with Crippen LogP contribution >= 0.6 is 0 Å². The van der Waals surface area contributed by atoms with E-state index in [0.717, 1.165) is 63.1 Å². The number of hydrogen-bond acceptors (Lipinski definition) is 5. The van der Waals surface area contributed by atoms with E-state index in [1.165, 1.54) is 17.8 Å². The molecule has 5 heterocycles. The van der Waals surface area contributed by atoms with Gasteiger partial charge in [-0.05, 0) is 69.2 Å². The van der Waals surface area contributed by atoms with Crippen LogP contribution in [0.4, 0.5) is 0 Å². The van der Waals surface area contributed by atoms with Gasteiger partial charge in [0.25, 0.3) is 0 Å². The number of nitrogens with zero attached hydrogens (tertiary/aromatic N) is 4. The number of carbonyl (C=O) groups excluding carboxylic acids is 1. The number of carbonyl (C=O) groups is 1. The lowest BCUT2D eigenvalue weighted by Gasteiger charge is -2.49. The molecule has 1 N–H and O–H groups in total. The van der Waals surface area contributed by atoms with Crippen molar-refractivity contribution in [2.24, 2.45) is 11.8 Å². The van der Waals surface area contributed by atoms with Crippen LogP contribution in [-0.4, -0.2) is 51.4 Å². The Hall–Kier alpha value is -2.34. The first-order valence-electron chi connectivity index (χ1n) is 12.5. The molecular formula is C26H35N5O. The van der Waals surface area contributed by atoms with Crippen LogP contribution in [0.1, 0.15) is 75.6 Å². The zero-order valence-electron chi connectivity index (χ0n) is 19.3. The molecule has 0 aromatic carbocycles. The summed E-state index contributed by atoms with van der Waals surface area (Å²) in [5.74, 6) is 2.90. The van der Waals surface area contributed by atoms with Gasteiger partial charge in [0.05, 0.1) is 0 Å². The molecule has 2 aromatic rings. The van der Waals surface area contributed by atoms with Gasteiger partial charge in [-0.3, -0.25) is 14.7 Å². The number of pyridine rings is 1. The van der Waals surface area contributed by atoms with Crippen molar-refractivity contribution < 1.29 is 4.79 Å². The topological polar surface area (TPSA) is 71.0 Å². The van der Waals surface area contributed by atoms with Crippen molar-refractivity contribution in [1.82, 2.24) is 25.2 Å². The van der Waals surface area contributed by atoms with E-state index in [-0.39, 0.29) is 11.8 Å². The zero-order valence-corrected chi connectivity index (χ0v) is 19.3. The normalized spacial score (nSPS) is 27.0. The van der Waals surface area contributed by atoms with E-state index in [1.54, 1.807) is 0 Å². The first-order chi connectivity index (χ1) is 15.7. The van der Waals surface area contributed by atoms with E-state index in [9.17, 15) is 4.79 Å². The quantitative estimate of drug-likeness (QED) is 0.677. The SMILES string of the molecule is CCC(CC)c1cc(C2CN3CCC2CC3CNC(=O)C2CC2)nc(-c2ccncc2)n1. The molecule has 32 heavy (non-hydrogen) atoms. The van der Waals surface area contributed by atoms with Crippen LogP contribution in [0.15, 0.2) is 30.6 Å². The van der Waals surface area contributed by atoms with Gasteiger partial charge in [0, 0.05) is 66.2 Å². The molecule has 6 nitrogen and oxygen atoms in total. The Morgan fingerprint density at radius 3 is 2.59 bits per heavy atom. The van der Waals surface area contributed by atoms with Crippen LogP contribution in [0.5, 0.6) is 0 Å². The predicted molar refractivity (Wildman–Crippen MR) is 125 cm³/mol. The summed E-state index contributed by atoms with van der Waals surface area (Å²) in [6, 6.07) is 6.77. The molecule has 3 aliphatic heterocycles. The van der Waals surface area contributed by atoms with Crippen LogP contribution in [-0.2, 0) is 4.79 Å². The van der Waals surface area contributed by atoms with E-state index in [2.05, 4.69) is 35.1 Å². The van der Waals surface area contributed by atoms with Crippen LogP contribution in [0.3, 0.4) is 0 Å². The van der Waals surface area contributed by atoms with Crippen molar-refractivity contribution in [3.05, 3.63) is 42.0 Å². The van der Waals surface area contributed by atoms with Gasteiger partial charge in [0.1, 0.15) is 0 Å². The second kappa shape index (κ2) is 9.26. The minimum absolute atomic E-state index is 0.261. The highest BCUT2D eigenvalue weighted by Crippen LogP contribution is 2.42. The van der Waals surface area contributed by atoms with Crippen LogP contribution in [0, 0.1) is 11.8 Å². The lowest BCUT2D eigenvalue weighted by Crippen LogP contribution is -2.56. The van der Waals surface area contributed by atoms with Crippen molar-refractivity contribution in [2.45, 2.75) is 70.3 Å². The second-order valence-electron chi connectivity index (χ2n) is 9.85. The van der Waals surface area contributed by atoms with Gasteiger partial charge in [0.15, 0.2) is 5.82 Å². The van der Waals surface area contributed by atoms with Crippen molar-refractivity contribution in [2.75, 3.05) is 19.6 Å². The fourth-order valence-electron chi connectivity index (χ4n) is 5.62. The first kappa shape index (κ1) is 21.5. The number of rotatable bonds is 8. The van der Waals surface area contributed by atoms with Crippen LogP contribution < -0.4 is 5.32 Å². The molecule has 4 unspecified atom stereocenters. The molecule has 4 atom stereocenters. The standard InChI is InChI=1S/C26H35N5O/c1-3-17(4-2)23-14-24(30-25(29-23)18-7-10-27-11-8-18)22-16-31-12-9-20(22)13-21(31)15-28-26(32)19-5-6-19/h7-8,10-11,14,17,19-22H,3-6,9,12-13,15-16H2,1-2H3,(H,28,32). The fraction of sp³-hybridized carbons (Fsp3) is 0.615. The summed E-state index contributed by atoms with van der Waals surface area (Å²) in [6.45, 7) is 7.45. The molecule has 6 heteroatoms. The van der Waals surface area contributed by atoms with Crippen LogP contribution in [0.25, 0.3) is 11.4 Å². The molecule has 170 valence electrons. The highest BCUT2D eigenvalue weighted by Gasteiger charge is 2.42. The predicted octanol–water partition coefficient (Wildman–Crippen LogP) is 4.15. The van der Waals surface area contributed by atoms with Gasteiger partial charge in [-0.2, -0.15) is 0 Å². The Bertz CT molecular complexity index is 940. The summed E-state index contributed by atoms with van der Waals surface area (Å²) in [6.07, 6.45) is 10.3. The van der Waals surface area contributed by atoms with E-state index in [0.29, 0.717) is 23.8 Å². The first-order valence-corrected chi connectivity index (χ1v) is 12.5. The summed E-state index contributed by atoms with van der Waals surface area (Å²) in [5.41, 5.74) is 3.41. The number of nitrogens with one attached hydrogen (secondary N) is 1. The second-order valence-corrected chi connectivity index (χ2v) is 9.85. The average Bonchev–Trinajstić information content (AvgIpc) is 3.70. The van der Waals surface area contributed by atoms with Crippen LogP contribution in [0.2, 0.25) is 0 Å². The Kier molecular flexibility index (Phi) is 6.22. The van der Waals surface area contributed by atoms with Crippen molar-refractivity contribution in [1.29, 1.82) is 0 Å². The molecule has 4 fully saturated rings. The maximum atomic E-state index is 12.1. The lowest BCUT2D eigenvalue weighted by atomic mass is 9.74. The molecule has 4 aliphatic rings. The van der Waals surface area contributed by atoms with Crippen molar-refractivity contribution in [3.8, 4) is 11.4 Å². The molecule has 0 spiro atoms. The number of hydrogen-bond donors (Lipinski definition) is 1. The van der Waals surface area contributed by atoms with Crippen molar-refractivity contribution in [3.63, 3.8) is 0 Å². The smallest absolute Gasteiger partial charge is 0.223 e. The van der Waals surface area contributed by atoms with E-state index in [4.69, 9.17) is 9.97 Å². The molecule has 0 radical (unpaired) electrons. The van der Waals surface area contributed by atoms with Gasteiger partial charge in [-0.25, -0.2) is 9.97 Å². The molecule has 6 rings (SSSR count). The van der Waals surface area contributed by atoms with Crippen molar-refractivity contribution >= 4 is 5.91 Å². The molecule has 1 saturated carbocycles. The van der Waals surface area contributed by atoms with E-state index < -0.39 is 0 Å². The van der Waals surface area contributed by atoms with Gasteiger partial charge in [-0.15, -0.1) is 0 Å². The highest BCUT2D eigenvalue weighted by atomic mass is 16.2. The maximum Gasteiger partial charge on any atom is 0.223 e.